The van der Waals surface area contributed by atoms with Gasteiger partial charge in [-0.25, -0.2) is 4.98 Å². The molecule has 0 amide bonds. The van der Waals surface area contributed by atoms with Crippen molar-refractivity contribution in [3.8, 4) is 0 Å². The van der Waals surface area contributed by atoms with Gasteiger partial charge in [0.2, 0.25) is 5.95 Å². The average molecular weight is 318 g/mol. The van der Waals surface area contributed by atoms with Crippen LogP contribution in [0.5, 0.6) is 0 Å². The summed E-state index contributed by atoms with van der Waals surface area (Å²) in [5.74, 6) is 1.53. The average Bonchev–Trinajstić information content (AvgIpc) is 2.57. The minimum atomic E-state index is 0.718. The van der Waals surface area contributed by atoms with Crippen molar-refractivity contribution in [1.82, 2.24) is 9.97 Å². The smallest absolute Gasteiger partial charge is 0.227 e. The van der Waals surface area contributed by atoms with Gasteiger partial charge in [0, 0.05) is 31.0 Å². The maximum Gasteiger partial charge on any atom is 0.227 e. The standard InChI is InChI=1S/C20H22N4/c1-15-9-7-8-12-18(15)22-19-13-16(2)21-20(23-19)24(3)14-17-10-5-4-6-11-17/h4-13H,14H2,1-3H3,(H,21,22,23). The molecule has 3 aromatic rings. The lowest BCUT2D eigenvalue weighted by atomic mass is 10.2. The van der Waals surface area contributed by atoms with Crippen molar-refractivity contribution in [3.05, 3.63) is 77.5 Å². The third-order valence-corrected chi connectivity index (χ3v) is 3.85. The van der Waals surface area contributed by atoms with Gasteiger partial charge in [-0.2, -0.15) is 4.98 Å². The predicted molar refractivity (Wildman–Crippen MR) is 99.8 cm³/mol. The summed E-state index contributed by atoms with van der Waals surface area (Å²) in [6.45, 7) is 4.84. The van der Waals surface area contributed by atoms with Crippen molar-refractivity contribution in [2.45, 2.75) is 20.4 Å². The number of benzene rings is 2. The predicted octanol–water partition coefficient (Wildman–Crippen LogP) is 4.47. The first-order valence-electron chi connectivity index (χ1n) is 8.05. The van der Waals surface area contributed by atoms with Gasteiger partial charge < -0.3 is 10.2 Å². The van der Waals surface area contributed by atoms with Crippen molar-refractivity contribution in [1.29, 1.82) is 0 Å². The highest BCUT2D eigenvalue weighted by molar-refractivity contribution is 5.61. The largest absolute Gasteiger partial charge is 0.340 e. The number of nitrogens with zero attached hydrogens (tertiary/aromatic N) is 3. The Morgan fingerprint density at radius 1 is 0.917 bits per heavy atom. The minimum absolute atomic E-state index is 0.718. The molecular formula is C20H22N4. The van der Waals surface area contributed by atoms with Crippen molar-refractivity contribution in [2.75, 3.05) is 17.3 Å². The van der Waals surface area contributed by atoms with E-state index in [1.54, 1.807) is 0 Å². The Kier molecular flexibility index (Phi) is 4.75. The van der Waals surface area contributed by atoms with Crippen molar-refractivity contribution in [3.63, 3.8) is 0 Å². The molecule has 0 fully saturated rings. The molecule has 0 aliphatic heterocycles. The van der Waals surface area contributed by atoms with Gasteiger partial charge in [-0.15, -0.1) is 0 Å². The third kappa shape index (κ3) is 3.90. The van der Waals surface area contributed by atoms with Crippen molar-refractivity contribution in [2.24, 2.45) is 0 Å². The topological polar surface area (TPSA) is 41.1 Å². The molecule has 2 aromatic carbocycles. The maximum atomic E-state index is 4.67. The van der Waals surface area contributed by atoms with E-state index in [9.17, 15) is 0 Å². The second-order valence-corrected chi connectivity index (χ2v) is 5.98. The molecule has 0 saturated carbocycles. The summed E-state index contributed by atoms with van der Waals surface area (Å²) in [4.78, 5) is 11.3. The fraction of sp³-hybridized carbons (Fsp3) is 0.200. The first kappa shape index (κ1) is 16.0. The van der Waals surface area contributed by atoms with Crippen LogP contribution in [0.3, 0.4) is 0 Å². The van der Waals surface area contributed by atoms with Crippen LogP contribution in [0.1, 0.15) is 16.8 Å². The minimum Gasteiger partial charge on any atom is -0.340 e. The molecule has 0 saturated heterocycles. The van der Waals surface area contributed by atoms with E-state index in [4.69, 9.17) is 0 Å². The second kappa shape index (κ2) is 7.13. The zero-order valence-electron chi connectivity index (χ0n) is 14.3. The summed E-state index contributed by atoms with van der Waals surface area (Å²) in [6.07, 6.45) is 0. The highest BCUT2D eigenvalue weighted by Gasteiger charge is 2.09. The van der Waals surface area contributed by atoms with Crippen LogP contribution in [0.2, 0.25) is 0 Å². The molecule has 1 aromatic heterocycles. The SMILES string of the molecule is Cc1cc(Nc2ccccc2C)nc(N(C)Cc2ccccc2)n1. The van der Waals surface area contributed by atoms with E-state index in [-0.39, 0.29) is 0 Å². The summed E-state index contributed by atoms with van der Waals surface area (Å²) in [7, 11) is 2.01. The van der Waals surface area contributed by atoms with Crippen LogP contribution in [0.15, 0.2) is 60.7 Å². The van der Waals surface area contributed by atoms with Crippen molar-refractivity contribution < 1.29 is 0 Å². The summed E-state index contributed by atoms with van der Waals surface area (Å²) in [5, 5.41) is 3.39. The fourth-order valence-electron chi connectivity index (χ4n) is 2.57. The lowest BCUT2D eigenvalue weighted by molar-refractivity contribution is 0.861. The van der Waals surface area contributed by atoms with Gasteiger partial charge in [0.05, 0.1) is 0 Å². The number of hydrogen-bond acceptors (Lipinski definition) is 4. The molecule has 122 valence electrons. The number of nitrogens with one attached hydrogen (secondary N) is 1. The van der Waals surface area contributed by atoms with Crippen LogP contribution >= 0.6 is 0 Å². The first-order chi connectivity index (χ1) is 11.6. The Morgan fingerprint density at radius 3 is 2.38 bits per heavy atom. The van der Waals surface area contributed by atoms with Gasteiger partial charge in [0.1, 0.15) is 5.82 Å². The molecule has 1 heterocycles. The van der Waals surface area contributed by atoms with Gasteiger partial charge in [-0.05, 0) is 31.0 Å². The maximum absolute atomic E-state index is 4.67. The Morgan fingerprint density at radius 2 is 1.62 bits per heavy atom. The monoisotopic (exact) mass is 318 g/mol. The van der Waals surface area contributed by atoms with Gasteiger partial charge in [-0.1, -0.05) is 48.5 Å². The number of aromatic nitrogens is 2. The van der Waals surface area contributed by atoms with Crippen LogP contribution in [0, 0.1) is 13.8 Å². The summed E-state index contributed by atoms with van der Waals surface area (Å²) in [6, 6.07) is 20.5. The molecule has 1 N–H and O–H groups in total. The fourth-order valence-corrected chi connectivity index (χ4v) is 2.57. The van der Waals surface area contributed by atoms with Crippen LogP contribution < -0.4 is 10.2 Å². The van der Waals surface area contributed by atoms with E-state index in [1.807, 2.05) is 50.4 Å². The third-order valence-electron chi connectivity index (χ3n) is 3.85. The molecule has 4 heteroatoms. The highest BCUT2D eigenvalue weighted by Crippen LogP contribution is 2.21. The van der Waals surface area contributed by atoms with E-state index in [0.29, 0.717) is 0 Å². The lowest BCUT2D eigenvalue weighted by Crippen LogP contribution is -2.19. The highest BCUT2D eigenvalue weighted by atomic mass is 15.2. The van der Waals surface area contributed by atoms with E-state index in [2.05, 4.69) is 51.4 Å². The molecular weight excluding hydrogens is 296 g/mol. The summed E-state index contributed by atoms with van der Waals surface area (Å²) < 4.78 is 0. The molecule has 0 aliphatic carbocycles. The Hall–Kier alpha value is -2.88. The number of anilines is 3. The van der Waals surface area contributed by atoms with Crippen LogP contribution in [0.25, 0.3) is 0 Å². The molecule has 0 bridgehead atoms. The Balaban J connectivity index is 1.82. The van der Waals surface area contributed by atoms with Crippen molar-refractivity contribution >= 4 is 17.5 Å². The molecule has 0 aliphatic rings. The lowest BCUT2D eigenvalue weighted by Gasteiger charge is -2.19. The van der Waals surface area contributed by atoms with Crippen LogP contribution in [-0.2, 0) is 6.54 Å². The summed E-state index contributed by atoms with van der Waals surface area (Å²) >= 11 is 0. The Labute approximate surface area is 143 Å². The first-order valence-corrected chi connectivity index (χ1v) is 8.05. The number of rotatable bonds is 5. The summed E-state index contributed by atoms with van der Waals surface area (Å²) in [5.41, 5.74) is 4.43. The second-order valence-electron chi connectivity index (χ2n) is 5.98. The molecule has 0 spiro atoms. The van der Waals surface area contributed by atoms with E-state index in [0.717, 1.165) is 29.7 Å². The molecule has 3 rings (SSSR count). The number of para-hydroxylation sites is 1. The number of hydrogen-bond donors (Lipinski definition) is 1. The Bertz CT molecular complexity index is 815. The molecule has 4 nitrogen and oxygen atoms in total. The quantitative estimate of drug-likeness (QED) is 0.753. The van der Waals surface area contributed by atoms with Gasteiger partial charge in [0.15, 0.2) is 0 Å². The van der Waals surface area contributed by atoms with Gasteiger partial charge >= 0.3 is 0 Å². The van der Waals surface area contributed by atoms with Crippen LogP contribution in [-0.4, -0.2) is 17.0 Å². The molecule has 24 heavy (non-hydrogen) atoms. The normalized spacial score (nSPS) is 10.5. The van der Waals surface area contributed by atoms with E-state index >= 15 is 0 Å². The molecule has 0 radical (unpaired) electrons. The zero-order valence-corrected chi connectivity index (χ0v) is 14.3. The van der Waals surface area contributed by atoms with Gasteiger partial charge in [-0.3, -0.25) is 0 Å². The molecule has 0 unspecified atom stereocenters. The van der Waals surface area contributed by atoms with Gasteiger partial charge in [0.25, 0.3) is 0 Å². The number of aryl methyl sites for hydroxylation is 2. The van der Waals surface area contributed by atoms with Crippen LogP contribution in [0.4, 0.5) is 17.5 Å². The molecule has 0 atom stereocenters. The van der Waals surface area contributed by atoms with E-state index in [1.165, 1.54) is 11.1 Å². The van der Waals surface area contributed by atoms with E-state index < -0.39 is 0 Å². The zero-order chi connectivity index (χ0) is 16.9.